The van der Waals surface area contributed by atoms with Crippen molar-refractivity contribution in [2.75, 3.05) is 13.2 Å². The van der Waals surface area contributed by atoms with Crippen LogP contribution in [0.15, 0.2) is 77.7 Å². The molecule has 1 aliphatic heterocycles. The average Bonchev–Trinajstić information content (AvgIpc) is 3.27. The van der Waals surface area contributed by atoms with E-state index in [-0.39, 0.29) is 29.0 Å². The Kier molecular flexibility index (Phi) is 7.61. The van der Waals surface area contributed by atoms with Crippen LogP contribution in [-0.4, -0.2) is 52.1 Å². The Labute approximate surface area is 205 Å². The zero-order chi connectivity index (χ0) is 25.8. The molecule has 1 amide bonds. The van der Waals surface area contributed by atoms with E-state index in [2.05, 4.69) is 15.3 Å². The number of hydrogen-bond acceptors (Lipinski definition) is 5. The molecular formula is C27H24F3N3O3. The predicted octanol–water partition coefficient (Wildman–Crippen LogP) is 3.80. The van der Waals surface area contributed by atoms with E-state index in [1.54, 1.807) is 31.3 Å². The molecule has 0 saturated heterocycles. The molecule has 3 N–H and O–H groups in total. The van der Waals surface area contributed by atoms with Crippen molar-refractivity contribution in [1.82, 2.24) is 10.3 Å². The lowest BCUT2D eigenvalue weighted by Crippen LogP contribution is -2.48. The van der Waals surface area contributed by atoms with E-state index in [0.717, 1.165) is 6.07 Å². The Morgan fingerprint density at radius 3 is 2.47 bits per heavy atom. The van der Waals surface area contributed by atoms with Gasteiger partial charge in [-0.1, -0.05) is 31.2 Å². The van der Waals surface area contributed by atoms with Crippen LogP contribution in [0.25, 0.3) is 5.57 Å². The first-order valence-electron chi connectivity index (χ1n) is 11.3. The first-order chi connectivity index (χ1) is 17.3. The predicted molar refractivity (Wildman–Crippen MR) is 129 cm³/mol. The summed E-state index contributed by atoms with van der Waals surface area (Å²) in [5, 5.41) is 22.6. The first-order valence-corrected chi connectivity index (χ1v) is 11.3. The highest BCUT2D eigenvalue weighted by Gasteiger charge is 2.32. The number of nitrogens with one attached hydrogen (secondary N) is 1. The number of hydrogen-bond donors (Lipinski definition) is 3. The Morgan fingerprint density at radius 1 is 1.06 bits per heavy atom. The molecule has 0 saturated carbocycles. The average molecular weight is 496 g/mol. The number of aromatic nitrogens is 1. The summed E-state index contributed by atoms with van der Waals surface area (Å²) in [5.41, 5.74) is 0.268. The minimum Gasteiger partial charge on any atom is -0.394 e. The van der Waals surface area contributed by atoms with Crippen LogP contribution in [0.5, 0.6) is 0 Å². The monoisotopic (exact) mass is 495 g/mol. The molecule has 9 heteroatoms. The fraction of sp³-hybridized carbons (Fsp3) is 0.222. The van der Waals surface area contributed by atoms with Gasteiger partial charge in [0.15, 0.2) is 5.83 Å². The molecule has 1 unspecified atom stereocenters. The number of carbonyl (C=O) groups excluding carboxylic acids is 1. The number of halogens is 3. The van der Waals surface area contributed by atoms with E-state index in [1.807, 2.05) is 0 Å². The number of aliphatic hydroxyl groups is 2. The van der Waals surface area contributed by atoms with E-state index in [4.69, 9.17) is 0 Å². The summed E-state index contributed by atoms with van der Waals surface area (Å²) in [7, 11) is 0. The number of aliphatic hydroxyl groups excluding tert-OH is 2. The minimum atomic E-state index is -1.34. The number of amides is 1. The van der Waals surface area contributed by atoms with Crippen molar-refractivity contribution in [2.45, 2.75) is 25.0 Å². The first kappa shape index (κ1) is 25.3. The van der Waals surface area contributed by atoms with E-state index in [0.29, 0.717) is 11.3 Å². The fourth-order valence-corrected chi connectivity index (χ4v) is 4.18. The normalized spacial score (nSPS) is 15.9. The Hall–Kier alpha value is -3.82. The van der Waals surface area contributed by atoms with E-state index in [9.17, 15) is 19.4 Å². The highest BCUT2D eigenvalue weighted by molar-refractivity contribution is 6.21. The van der Waals surface area contributed by atoms with Gasteiger partial charge in [0.05, 0.1) is 36.4 Å². The van der Waals surface area contributed by atoms with Gasteiger partial charge in [-0.05, 0) is 42.0 Å². The number of aliphatic imine (C=N–C) groups is 1. The molecular weight excluding hydrogens is 471 g/mol. The van der Waals surface area contributed by atoms with Gasteiger partial charge in [-0.3, -0.25) is 14.8 Å². The van der Waals surface area contributed by atoms with Gasteiger partial charge >= 0.3 is 0 Å². The molecule has 6 nitrogen and oxygen atoms in total. The van der Waals surface area contributed by atoms with Gasteiger partial charge in [0.2, 0.25) is 0 Å². The number of pyridine rings is 1. The summed E-state index contributed by atoms with van der Waals surface area (Å²) in [6.07, 6.45) is 0.223. The molecule has 0 bridgehead atoms. The Balaban J connectivity index is 1.67. The lowest BCUT2D eigenvalue weighted by molar-refractivity contribution is 0.0504. The summed E-state index contributed by atoms with van der Waals surface area (Å²) in [5.74, 6) is -3.44. The third kappa shape index (κ3) is 5.07. The molecule has 0 spiro atoms. The molecule has 1 aliphatic rings. The smallest absolute Gasteiger partial charge is 0.252 e. The summed E-state index contributed by atoms with van der Waals surface area (Å²) in [6, 6.07) is 13.1. The number of rotatable bonds is 8. The lowest BCUT2D eigenvalue weighted by atomic mass is 9.92. The third-order valence-corrected chi connectivity index (χ3v) is 6.15. The summed E-state index contributed by atoms with van der Waals surface area (Å²) in [6.45, 7) is 0.977. The van der Waals surface area contributed by atoms with Gasteiger partial charge in [-0.25, -0.2) is 13.2 Å². The largest absolute Gasteiger partial charge is 0.394 e. The van der Waals surface area contributed by atoms with E-state index in [1.165, 1.54) is 36.4 Å². The van der Waals surface area contributed by atoms with Crippen LogP contribution in [0, 0.1) is 11.6 Å². The quantitative estimate of drug-likeness (QED) is 0.443. The summed E-state index contributed by atoms with van der Waals surface area (Å²) < 4.78 is 43.7. The fourth-order valence-electron chi connectivity index (χ4n) is 4.18. The maximum absolute atomic E-state index is 15.4. The standard InChI is InChI=1S/C27H24F3N3O3/c1-15(21-7-2-3-12-31-21)25(22(35)14-34)33-27(36)18-5-4-6-20(29)23(18)26-24(30)19(13-32-26)16-8-10-17(28)11-9-16/h2-12,15,22,25,34-35H,13-14H2,1H3,(H,33,36)/t15?,22-,25-/m1/s1. The molecule has 3 atom stereocenters. The number of benzene rings is 2. The zero-order valence-electron chi connectivity index (χ0n) is 19.3. The van der Waals surface area contributed by atoms with Crippen LogP contribution < -0.4 is 5.32 Å². The molecule has 1 aromatic heterocycles. The molecule has 0 aliphatic carbocycles. The summed E-state index contributed by atoms with van der Waals surface area (Å²) >= 11 is 0. The highest BCUT2D eigenvalue weighted by atomic mass is 19.1. The van der Waals surface area contributed by atoms with Crippen molar-refractivity contribution in [1.29, 1.82) is 0 Å². The molecule has 186 valence electrons. The molecule has 4 rings (SSSR count). The van der Waals surface area contributed by atoms with Crippen molar-refractivity contribution in [3.05, 3.63) is 107 Å². The number of allylic oxidation sites excluding steroid dienone is 1. The minimum absolute atomic E-state index is 0.106. The third-order valence-electron chi connectivity index (χ3n) is 6.15. The topological polar surface area (TPSA) is 94.8 Å². The van der Waals surface area contributed by atoms with Crippen LogP contribution >= 0.6 is 0 Å². The van der Waals surface area contributed by atoms with Crippen molar-refractivity contribution in [2.24, 2.45) is 4.99 Å². The molecule has 0 radical (unpaired) electrons. The maximum Gasteiger partial charge on any atom is 0.252 e. The van der Waals surface area contributed by atoms with Crippen LogP contribution in [-0.2, 0) is 0 Å². The van der Waals surface area contributed by atoms with Crippen molar-refractivity contribution in [3.63, 3.8) is 0 Å². The molecule has 3 aromatic rings. The van der Waals surface area contributed by atoms with E-state index >= 15 is 8.78 Å². The van der Waals surface area contributed by atoms with Gasteiger partial charge in [-0.2, -0.15) is 0 Å². The van der Waals surface area contributed by atoms with Crippen molar-refractivity contribution in [3.8, 4) is 0 Å². The van der Waals surface area contributed by atoms with Crippen LogP contribution in [0.2, 0.25) is 0 Å². The van der Waals surface area contributed by atoms with Crippen LogP contribution in [0.3, 0.4) is 0 Å². The second kappa shape index (κ2) is 10.8. The molecule has 2 heterocycles. The molecule has 0 fully saturated rings. The highest BCUT2D eigenvalue weighted by Crippen LogP contribution is 2.31. The summed E-state index contributed by atoms with van der Waals surface area (Å²) in [4.78, 5) is 21.7. The maximum atomic E-state index is 15.4. The van der Waals surface area contributed by atoms with Crippen LogP contribution in [0.4, 0.5) is 13.2 Å². The Morgan fingerprint density at radius 2 is 1.81 bits per heavy atom. The van der Waals surface area contributed by atoms with Crippen LogP contribution in [0.1, 0.15) is 40.0 Å². The zero-order valence-corrected chi connectivity index (χ0v) is 19.3. The van der Waals surface area contributed by atoms with Gasteiger partial charge in [0.25, 0.3) is 5.91 Å². The second-order valence-corrected chi connectivity index (χ2v) is 8.42. The van der Waals surface area contributed by atoms with Gasteiger partial charge in [0.1, 0.15) is 17.3 Å². The van der Waals surface area contributed by atoms with Gasteiger partial charge in [-0.15, -0.1) is 0 Å². The van der Waals surface area contributed by atoms with Crippen molar-refractivity contribution >= 4 is 17.2 Å². The van der Waals surface area contributed by atoms with Gasteiger partial charge in [0, 0.05) is 23.4 Å². The van der Waals surface area contributed by atoms with Gasteiger partial charge < -0.3 is 15.5 Å². The second-order valence-electron chi connectivity index (χ2n) is 8.42. The lowest BCUT2D eigenvalue weighted by Gasteiger charge is -2.28. The number of nitrogens with zero attached hydrogens (tertiary/aromatic N) is 2. The number of carbonyl (C=O) groups is 1. The Bertz CT molecular complexity index is 1310. The SMILES string of the molecule is CC(c1ccccn1)[C@@H](NC(=O)c1cccc(F)c1C1=NCC(c2ccc(F)cc2)=C1F)[C@H](O)CO. The van der Waals surface area contributed by atoms with E-state index < -0.39 is 48.0 Å². The van der Waals surface area contributed by atoms with Crippen molar-refractivity contribution < 1.29 is 28.2 Å². The molecule has 36 heavy (non-hydrogen) atoms. The molecule has 2 aromatic carbocycles.